The Labute approximate surface area is 334 Å². The van der Waals surface area contributed by atoms with Gasteiger partial charge in [0, 0.05) is 70.8 Å². The van der Waals surface area contributed by atoms with Gasteiger partial charge >= 0.3 is 6.03 Å². The highest BCUT2D eigenvalue weighted by Crippen LogP contribution is 2.41. The first-order chi connectivity index (χ1) is 27.2. The molecule has 0 saturated carbocycles. The molecule has 0 aromatic heterocycles. The number of rotatable bonds is 10. The topological polar surface area (TPSA) is 167 Å². The fourth-order valence-corrected chi connectivity index (χ4v) is 8.79. The van der Waals surface area contributed by atoms with Crippen molar-refractivity contribution in [2.75, 3.05) is 84.1 Å². The summed E-state index contributed by atoms with van der Waals surface area (Å²) in [6, 6.07) is 13.0. The summed E-state index contributed by atoms with van der Waals surface area (Å²) in [6.45, 7) is 12.0. The molecule has 0 aliphatic carbocycles. The summed E-state index contributed by atoms with van der Waals surface area (Å²) >= 11 is 0. The maximum absolute atomic E-state index is 14.1. The van der Waals surface area contributed by atoms with Gasteiger partial charge in [0.1, 0.15) is 17.9 Å². The molecule has 3 N–H and O–H groups in total. The van der Waals surface area contributed by atoms with E-state index in [1.54, 1.807) is 23.1 Å². The molecule has 5 saturated heterocycles. The van der Waals surface area contributed by atoms with Crippen LogP contribution in [-0.2, 0) is 23.9 Å². The van der Waals surface area contributed by atoms with Crippen molar-refractivity contribution in [2.45, 2.75) is 70.7 Å². The van der Waals surface area contributed by atoms with Crippen LogP contribution in [-0.4, -0.2) is 147 Å². The molecule has 15 nitrogen and oxygen atoms in total. The van der Waals surface area contributed by atoms with Crippen molar-refractivity contribution in [3.8, 4) is 5.75 Å². The quantitative estimate of drug-likeness (QED) is 0.366. The molecular weight excluding hydrogens is 731 g/mol. The van der Waals surface area contributed by atoms with E-state index in [4.69, 9.17) is 19.9 Å². The molecule has 0 radical (unpaired) electrons. The summed E-state index contributed by atoms with van der Waals surface area (Å²) in [4.78, 5) is 74.9. The van der Waals surface area contributed by atoms with Gasteiger partial charge in [0.05, 0.1) is 44.7 Å². The molecule has 5 heterocycles. The second kappa shape index (κ2) is 16.7. The Hall–Kier alpha value is -4.57. The Morgan fingerprint density at radius 3 is 2.40 bits per heavy atom. The fourth-order valence-electron chi connectivity index (χ4n) is 8.79. The Bertz CT molecular complexity index is 1820. The van der Waals surface area contributed by atoms with E-state index in [0.717, 1.165) is 38.0 Å². The number of nitrogens with zero attached hydrogens (tertiary/aromatic N) is 5. The van der Waals surface area contributed by atoms with Crippen LogP contribution in [0.3, 0.4) is 0 Å². The van der Waals surface area contributed by atoms with E-state index < -0.39 is 23.5 Å². The molecule has 15 heteroatoms. The number of carbonyl (C=O) groups is 5. The average Bonchev–Trinajstić information content (AvgIpc) is 3.63. The molecular formula is C42H57N7O8. The third-order valence-electron chi connectivity index (χ3n) is 12.3. The van der Waals surface area contributed by atoms with Crippen LogP contribution in [0.15, 0.2) is 48.5 Å². The van der Waals surface area contributed by atoms with Gasteiger partial charge in [-0.05, 0) is 47.4 Å². The average molecular weight is 788 g/mol. The van der Waals surface area contributed by atoms with Crippen molar-refractivity contribution in [3.63, 3.8) is 0 Å². The van der Waals surface area contributed by atoms with Crippen LogP contribution in [0.1, 0.15) is 68.5 Å². The van der Waals surface area contributed by atoms with Gasteiger partial charge in [0.2, 0.25) is 17.7 Å². The number of carbonyl (C=O) groups excluding carboxylic acids is 5. The number of hydrogen-bond acceptors (Lipinski definition) is 10. The Morgan fingerprint density at radius 1 is 0.982 bits per heavy atom. The number of hydrogen-bond donors (Lipinski definition) is 2. The van der Waals surface area contributed by atoms with Gasteiger partial charge < -0.3 is 34.6 Å². The van der Waals surface area contributed by atoms with Gasteiger partial charge in [-0.15, -0.1) is 0 Å². The maximum Gasteiger partial charge on any atom is 0.328 e. The number of morpholine rings is 1. The number of ether oxygens (including phenoxy) is 3. The minimum absolute atomic E-state index is 0.0891. The summed E-state index contributed by atoms with van der Waals surface area (Å²) in [5.41, 5.74) is 8.09. The maximum atomic E-state index is 14.1. The Morgan fingerprint density at radius 2 is 1.72 bits per heavy atom. The van der Waals surface area contributed by atoms with Crippen molar-refractivity contribution in [1.29, 1.82) is 0 Å². The SMILES string of the molecule is COc1ccc(C(=O)N2CCC3(CC2)CN(CCO[C@H]2C[C@@H](C(=O)N4CCO[C@H](c5ccccc5)C4)N(C(=O)[C@@H](N)C(C)(C)C)C2)C3)cc1N1CCC(=O)NC1=O. The predicted molar refractivity (Wildman–Crippen MR) is 212 cm³/mol. The molecule has 5 aliphatic rings. The highest BCUT2D eigenvalue weighted by molar-refractivity contribution is 6.07. The first kappa shape index (κ1) is 40.6. The van der Waals surface area contributed by atoms with Crippen LogP contribution in [0.5, 0.6) is 5.75 Å². The molecule has 7 rings (SSSR count). The van der Waals surface area contributed by atoms with E-state index in [-0.39, 0.29) is 54.2 Å². The molecule has 2 aromatic rings. The van der Waals surface area contributed by atoms with E-state index in [1.165, 1.54) is 12.0 Å². The lowest BCUT2D eigenvalue weighted by Crippen LogP contribution is -2.61. The third kappa shape index (κ3) is 8.81. The van der Waals surface area contributed by atoms with E-state index in [2.05, 4.69) is 10.2 Å². The van der Waals surface area contributed by atoms with Gasteiger partial charge in [-0.1, -0.05) is 51.1 Å². The van der Waals surface area contributed by atoms with Crippen molar-refractivity contribution in [1.82, 2.24) is 24.9 Å². The number of amides is 6. The fraction of sp³-hybridized carbons (Fsp3) is 0.595. The first-order valence-electron chi connectivity index (χ1n) is 20.2. The third-order valence-corrected chi connectivity index (χ3v) is 12.3. The van der Waals surface area contributed by atoms with Gasteiger partial charge in [-0.3, -0.25) is 34.3 Å². The van der Waals surface area contributed by atoms with E-state index in [0.29, 0.717) is 69.4 Å². The van der Waals surface area contributed by atoms with E-state index in [9.17, 15) is 24.0 Å². The van der Waals surface area contributed by atoms with Crippen molar-refractivity contribution < 1.29 is 38.2 Å². The summed E-state index contributed by atoms with van der Waals surface area (Å²) in [5.74, 6) is -0.288. The molecule has 0 bridgehead atoms. The molecule has 5 aliphatic heterocycles. The molecule has 308 valence electrons. The number of likely N-dealkylation sites (tertiary alicyclic amines) is 3. The molecule has 57 heavy (non-hydrogen) atoms. The van der Waals surface area contributed by atoms with Crippen LogP contribution in [0.2, 0.25) is 0 Å². The number of nitrogens with one attached hydrogen (secondary N) is 1. The molecule has 5 fully saturated rings. The summed E-state index contributed by atoms with van der Waals surface area (Å²) < 4.78 is 17.9. The van der Waals surface area contributed by atoms with E-state index >= 15 is 0 Å². The minimum Gasteiger partial charge on any atom is -0.495 e. The Kier molecular flexibility index (Phi) is 11.9. The largest absolute Gasteiger partial charge is 0.495 e. The van der Waals surface area contributed by atoms with Gasteiger partial charge in [0.25, 0.3) is 5.91 Å². The Balaban J connectivity index is 0.900. The minimum atomic E-state index is -0.753. The van der Waals surface area contributed by atoms with Crippen molar-refractivity contribution in [2.24, 2.45) is 16.6 Å². The van der Waals surface area contributed by atoms with E-state index in [1.807, 2.05) is 60.9 Å². The molecule has 0 unspecified atom stereocenters. The van der Waals surface area contributed by atoms with Crippen molar-refractivity contribution >= 4 is 35.3 Å². The highest BCUT2D eigenvalue weighted by atomic mass is 16.5. The number of benzene rings is 2. The van der Waals surface area contributed by atoms with Crippen molar-refractivity contribution in [3.05, 3.63) is 59.7 Å². The van der Waals surface area contributed by atoms with Crippen LogP contribution >= 0.6 is 0 Å². The normalized spacial score (nSPS) is 24.6. The standard InChI is InChI=1S/C42H57N7O8/c1-41(2,3)36(43)39(53)49-24-30(23-32(49)38(52)47-19-21-57-34(25-47)28-8-6-5-7-9-28)56-20-18-45-26-42(27-45)13-16-46(17-14-42)37(51)29-10-11-33(55-4)31(22-29)48-15-12-35(50)44-40(48)54/h5-11,22,30,32,34,36H,12-21,23-27,43H2,1-4H3,(H,44,50,54)/t30-,32-,34-,36+/m0/s1. The summed E-state index contributed by atoms with van der Waals surface area (Å²) in [6.07, 6.45) is 1.86. The molecule has 6 amide bonds. The zero-order valence-corrected chi connectivity index (χ0v) is 33.6. The second-order valence-corrected chi connectivity index (χ2v) is 17.3. The molecule has 1 spiro atoms. The number of nitrogens with two attached hydrogens (primary N) is 1. The predicted octanol–water partition coefficient (Wildman–Crippen LogP) is 2.64. The van der Waals surface area contributed by atoms with Crippen LogP contribution in [0.25, 0.3) is 0 Å². The lowest BCUT2D eigenvalue weighted by atomic mass is 9.72. The zero-order valence-electron chi connectivity index (χ0n) is 33.6. The van der Waals surface area contributed by atoms with Gasteiger partial charge in [0.15, 0.2) is 0 Å². The van der Waals surface area contributed by atoms with Gasteiger partial charge in [-0.2, -0.15) is 0 Å². The van der Waals surface area contributed by atoms with Crippen LogP contribution in [0.4, 0.5) is 10.5 Å². The lowest BCUT2D eigenvalue weighted by Gasteiger charge is -2.54. The lowest BCUT2D eigenvalue weighted by molar-refractivity contribution is -0.150. The van der Waals surface area contributed by atoms with Gasteiger partial charge in [-0.25, -0.2) is 4.79 Å². The number of piperidine rings is 1. The molecule has 2 aromatic carbocycles. The molecule has 4 atom stereocenters. The summed E-state index contributed by atoms with van der Waals surface area (Å²) in [5, 5.41) is 2.33. The first-order valence-corrected chi connectivity index (χ1v) is 20.2. The number of anilines is 1. The smallest absolute Gasteiger partial charge is 0.328 e. The second-order valence-electron chi connectivity index (χ2n) is 17.3. The highest BCUT2D eigenvalue weighted by Gasteiger charge is 2.47. The van der Waals surface area contributed by atoms with Crippen LogP contribution in [0, 0.1) is 10.8 Å². The van der Waals surface area contributed by atoms with Crippen LogP contribution < -0.4 is 20.7 Å². The number of imide groups is 1. The number of urea groups is 1. The number of methoxy groups -OCH3 is 1. The monoisotopic (exact) mass is 787 g/mol. The summed E-state index contributed by atoms with van der Waals surface area (Å²) in [7, 11) is 1.51. The zero-order chi connectivity index (χ0) is 40.5.